The molecule has 0 saturated carbocycles. The SMILES string of the molecule is COC(CCCn1cnnn1)C(=O)O. The molecule has 7 nitrogen and oxygen atoms in total. The Kier molecular flexibility index (Phi) is 3.99. The minimum atomic E-state index is -0.941. The summed E-state index contributed by atoms with van der Waals surface area (Å²) >= 11 is 0. The first-order valence-electron chi connectivity index (χ1n) is 4.20. The van der Waals surface area contributed by atoms with E-state index >= 15 is 0 Å². The maximum absolute atomic E-state index is 10.6. The van der Waals surface area contributed by atoms with Gasteiger partial charge < -0.3 is 9.84 Å². The topological polar surface area (TPSA) is 90.1 Å². The van der Waals surface area contributed by atoms with Crippen LogP contribution >= 0.6 is 0 Å². The number of hydrogen-bond acceptors (Lipinski definition) is 5. The van der Waals surface area contributed by atoms with Crippen LogP contribution in [0.4, 0.5) is 0 Å². The van der Waals surface area contributed by atoms with E-state index in [-0.39, 0.29) is 0 Å². The summed E-state index contributed by atoms with van der Waals surface area (Å²) in [4.78, 5) is 10.6. The van der Waals surface area contributed by atoms with Gasteiger partial charge in [-0.15, -0.1) is 5.10 Å². The minimum absolute atomic E-state index is 0.450. The summed E-state index contributed by atoms with van der Waals surface area (Å²) in [6.45, 7) is 0.597. The molecule has 0 aliphatic heterocycles. The molecule has 1 N–H and O–H groups in total. The molecule has 14 heavy (non-hydrogen) atoms. The van der Waals surface area contributed by atoms with Crippen molar-refractivity contribution < 1.29 is 14.6 Å². The second-order valence-corrected chi connectivity index (χ2v) is 2.78. The van der Waals surface area contributed by atoms with Gasteiger partial charge in [0.25, 0.3) is 0 Å². The molecule has 78 valence electrons. The third kappa shape index (κ3) is 3.09. The van der Waals surface area contributed by atoms with E-state index in [2.05, 4.69) is 15.5 Å². The Morgan fingerprint density at radius 3 is 3.00 bits per heavy atom. The Morgan fingerprint density at radius 1 is 1.71 bits per heavy atom. The van der Waals surface area contributed by atoms with Crippen LogP contribution in [0.5, 0.6) is 0 Å². The molecule has 0 bridgehead atoms. The molecule has 0 amide bonds. The largest absolute Gasteiger partial charge is 0.479 e. The molecular weight excluding hydrogens is 188 g/mol. The van der Waals surface area contributed by atoms with Crippen LogP contribution in [0.15, 0.2) is 6.33 Å². The van der Waals surface area contributed by atoms with Crippen molar-refractivity contribution in [3.05, 3.63) is 6.33 Å². The van der Waals surface area contributed by atoms with E-state index in [0.29, 0.717) is 19.4 Å². The van der Waals surface area contributed by atoms with Crippen molar-refractivity contribution in [3.8, 4) is 0 Å². The van der Waals surface area contributed by atoms with Gasteiger partial charge in [0.05, 0.1) is 0 Å². The summed E-state index contributed by atoms with van der Waals surface area (Å²) in [7, 11) is 1.38. The number of carboxylic acids is 1. The Bertz CT molecular complexity index is 274. The molecule has 0 spiro atoms. The number of ether oxygens (including phenoxy) is 1. The number of rotatable bonds is 6. The zero-order valence-corrected chi connectivity index (χ0v) is 7.83. The fourth-order valence-corrected chi connectivity index (χ4v) is 1.06. The van der Waals surface area contributed by atoms with Crippen molar-refractivity contribution in [2.45, 2.75) is 25.5 Å². The molecule has 0 aliphatic carbocycles. The van der Waals surface area contributed by atoms with Gasteiger partial charge in [0.1, 0.15) is 6.33 Å². The van der Waals surface area contributed by atoms with Gasteiger partial charge in [-0.1, -0.05) is 0 Å². The van der Waals surface area contributed by atoms with Gasteiger partial charge in [0.2, 0.25) is 0 Å². The van der Waals surface area contributed by atoms with Crippen LogP contribution in [0.1, 0.15) is 12.8 Å². The van der Waals surface area contributed by atoms with E-state index < -0.39 is 12.1 Å². The summed E-state index contributed by atoms with van der Waals surface area (Å²) in [6.07, 6.45) is 1.86. The molecule has 0 saturated heterocycles. The Hall–Kier alpha value is -1.50. The van der Waals surface area contributed by atoms with E-state index in [0.717, 1.165) is 0 Å². The Labute approximate surface area is 80.7 Å². The zero-order chi connectivity index (χ0) is 10.4. The molecule has 0 radical (unpaired) electrons. The predicted octanol–water partition coefficient (Wildman–Crippen LogP) is -0.447. The van der Waals surface area contributed by atoms with Gasteiger partial charge >= 0.3 is 5.97 Å². The van der Waals surface area contributed by atoms with Gasteiger partial charge in [-0.2, -0.15) is 0 Å². The monoisotopic (exact) mass is 200 g/mol. The standard InChI is InChI=1S/C7H12N4O3/c1-14-6(7(12)13)3-2-4-11-5-8-9-10-11/h5-6H,2-4H2,1H3,(H,12,13). The number of aliphatic carboxylic acids is 1. The highest BCUT2D eigenvalue weighted by atomic mass is 16.5. The van der Waals surface area contributed by atoms with Crippen LogP contribution < -0.4 is 0 Å². The number of carbonyl (C=O) groups is 1. The minimum Gasteiger partial charge on any atom is -0.479 e. The average molecular weight is 200 g/mol. The van der Waals surface area contributed by atoms with E-state index in [1.807, 2.05) is 0 Å². The van der Waals surface area contributed by atoms with Crippen molar-refractivity contribution in [2.24, 2.45) is 0 Å². The first kappa shape index (κ1) is 10.6. The summed E-state index contributed by atoms with van der Waals surface area (Å²) < 4.78 is 6.32. The molecule has 0 fully saturated rings. The van der Waals surface area contributed by atoms with Crippen molar-refractivity contribution in [2.75, 3.05) is 7.11 Å². The van der Waals surface area contributed by atoms with Crippen LogP contribution in [0.25, 0.3) is 0 Å². The third-order valence-corrected chi connectivity index (χ3v) is 1.80. The lowest BCUT2D eigenvalue weighted by Gasteiger charge is -2.09. The molecule has 1 atom stereocenters. The number of aryl methyl sites for hydroxylation is 1. The predicted molar refractivity (Wildman–Crippen MR) is 45.5 cm³/mol. The van der Waals surface area contributed by atoms with Crippen molar-refractivity contribution >= 4 is 5.97 Å². The molecule has 7 heteroatoms. The lowest BCUT2D eigenvalue weighted by atomic mass is 10.2. The van der Waals surface area contributed by atoms with Gasteiger partial charge in [-0.3, -0.25) is 0 Å². The zero-order valence-electron chi connectivity index (χ0n) is 7.83. The van der Waals surface area contributed by atoms with Crippen LogP contribution in [-0.2, 0) is 16.1 Å². The summed E-state index contributed by atoms with van der Waals surface area (Å²) in [5.41, 5.74) is 0. The second-order valence-electron chi connectivity index (χ2n) is 2.78. The number of carboxylic acid groups (broad SMARTS) is 1. The molecule has 1 heterocycles. The lowest BCUT2D eigenvalue weighted by molar-refractivity contribution is -0.148. The Balaban J connectivity index is 2.23. The highest BCUT2D eigenvalue weighted by molar-refractivity contribution is 5.72. The summed E-state index contributed by atoms with van der Waals surface area (Å²) in [5.74, 6) is -0.941. The fraction of sp³-hybridized carbons (Fsp3) is 0.714. The first-order chi connectivity index (χ1) is 6.74. The van der Waals surface area contributed by atoms with Crippen LogP contribution in [0.2, 0.25) is 0 Å². The number of aromatic nitrogens is 4. The summed E-state index contributed by atoms with van der Waals surface area (Å²) in [6, 6.07) is 0. The third-order valence-electron chi connectivity index (χ3n) is 1.80. The first-order valence-corrected chi connectivity index (χ1v) is 4.20. The fourth-order valence-electron chi connectivity index (χ4n) is 1.06. The molecule has 1 unspecified atom stereocenters. The van der Waals surface area contributed by atoms with E-state index in [4.69, 9.17) is 9.84 Å². The Morgan fingerprint density at radius 2 is 2.50 bits per heavy atom. The van der Waals surface area contributed by atoms with Crippen LogP contribution in [-0.4, -0.2) is 44.5 Å². The van der Waals surface area contributed by atoms with E-state index in [1.165, 1.54) is 13.4 Å². The maximum Gasteiger partial charge on any atom is 0.332 e. The molecule has 0 aromatic carbocycles. The van der Waals surface area contributed by atoms with Gasteiger partial charge in [-0.25, -0.2) is 9.48 Å². The number of tetrazole rings is 1. The van der Waals surface area contributed by atoms with E-state index in [9.17, 15) is 4.79 Å². The molecule has 0 aliphatic rings. The molecule has 1 rings (SSSR count). The normalized spacial score (nSPS) is 12.6. The van der Waals surface area contributed by atoms with Crippen molar-refractivity contribution in [1.82, 2.24) is 20.2 Å². The van der Waals surface area contributed by atoms with E-state index in [1.54, 1.807) is 4.68 Å². The summed E-state index contributed by atoms with van der Waals surface area (Å²) in [5, 5.41) is 19.2. The van der Waals surface area contributed by atoms with Gasteiger partial charge in [0.15, 0.2) is 6.10 Å². The maximum atomic E-state index is 10.6. The van der Waals surface area contributed by atoms with Crippen LogP contribution in [0.3, 0.4) is 0 Å². The van der Waals surface area contributed by atoms with Crippen molar-refractivity contribution in [3.63, 3.8) is 0 Å². The molecule has 1 aromatic heterocycles. The van der Waals surface area contributed by atoms with Gasteiger partial charge in [0, 0.05) is 13.7 Å². The quantitative estimate of drug-likeness (QED) is 0.669. The number of hydrogen-bond donors (Lipinski definition) is 1. The molecular formula is C7H12N4O3. The van der Waals surface area contributed by atoms with Crippen molar-refractivity contribution in [1.29, 1.82) is 0 Å². The highest BCUT2D eigenvalue weighted by Crippen LogP contribution is 2.02. The lowest BCUT2D eigenvalue weighted by Crippen LogP contribution is -2.22. The number of methoxy groups -OCH3 is 1. The number of nitrogens with zero attached hydrogens (tertiary/aromatic N) is 4. The highest BCUT2D eigenvalue weighted by Gasteiger charge is 2.15. The molecule has 1 aromatic rings. The smallest absolute Gasteiger partial charge is 0.332 e. The second kappa shape index (κ2) is 5.28. The van der Waals surface area contributed by atoms with Gasteiger partial charge in [-0.05, 0) is 23.3 Å². The average Bonchev–Trinajstić information content (AvgIpc) is 2.64. The van der Waals surface area contributed by atoms with Crippen LogP contribution in [0, 0.1) is 0 Å².